The zero-order valence-corrected chi connectivity index (χ0v) is 9.89. The molecule has 0 radical (unpaired) electrons. The number of aliphatic imine (C=N–C) groups is 2. The maximum absolute atomic E-state index is 9.73. The second-order valence-electron chi connectivity index (χ2n) is 3.23. The Bertz CT molecular complexity index is 232. The Morgan fingerprint density at radius 1 is 0.706 bits per heavy atom. The molecule has 0 unspecified atom stereocenters. The lowest BCUT2D eigenvalue weighted by Gasteiger charge is -2.04. The topological polar surface area (TPSA) is 77.3 Å². The van der Waals surface area contributed by atoms with Gasteiger partial charge >= 0.3 is 0 Å². The summed E-state index contributed by atoms with van der Waals surface area (Å²) in [7, 11) is 0. The summed E-state index contributed by atoms with van der Waals surface area (Å²) in [4.78, 5) is 26.3. The van der Waals surface area contributed by atoms with Gasteiger partial charge in [-0.1, -0.05) is 0 Å². The molecular formula is C11H18N2O4. The molecule has 0 heterocycles. The largest absolute Gasteiger partial charge is 0.381 e. The molecule has 0 spiro atoms. The third-order valence-electron chi connectivity index (χ3n) is 1.82. The SMILES string of the molecule is O=C=NCCCOCCCOCCCN=C=O. The molecule has 0 aliphatic heterocycles. The van der Waals surface area contributed by atoms with Crippen LogP contribution in [0.25, 0.3) is 0 Å². The molecule has 0 fully saturated rings. The molecule has 0 aromatic carbocycles. The van der Waals surface area contributed by atoms with Crippen LogP contribution in [0.2, 0.25) is 0 Å². The summed E-state index contributed by atoms with van der Waals surface area (Å²) in [6.45, 7) is 3.40. The molecule has 17 heavy (non-hydrogen) atoms. The first-order chi connectivity index (χ1) is 8.41. The number of ether oxygens (including phenoxy) is 2. The van der Waals surface area contributed by atoms with E-state index in [2.05, 4.69) is 9.98 Å². The fourth-order valence-corrected chi connectivity index (χ4v) is 1.05. The van der Waals surface area contributed by atoms with E-state index in [9.17, 15) is 9.59 Å². The van der Waals surface area contributed by atoms with E-state index >= 15 is 0 Å². The van der Waals surface area contributed by atoms with Crippen LogP contribution < -0.4 is 0 Å². The number of nitrogens with zero attached hydrogens (tertiary/aromatic N) is 2. The number of rotatable bonds is 12. The zero-order chi connectivity index (χ0) is 12.6. The minimum atomic E-state index is 0.469. The Morgan fingerprint density at radius 2 is 1.12 bits per heavy atom. The van der Waals surface area contributed by atoms with E-state index in [0.717, 1.165) is 19.3 Å². The lowest BCUT2D eigenvalue weighted by molar-refractivity contribution is 0.0821. The van der Waals surface area contributed by atoms with Gasteiger partial charge in [-0.15, -0.1) is 0 Å². The molecule has 0 atom stereocenters. The van der Waals surface area contributed by atoms with Gasteiger partial charge in [0.25, 0.3) is 0 Å². The standard InChI is InChI=1S/C11H18N2O4/c14-10-12-4-1-6-16-8-3-9-17-7-2-5-13-11-15/h1-9H2. The van der Waals surface area contributed by atoms with Crippen molar-refractivity contribution in [3.8, 4) is 0 Å². The van der Waals surface area contributed by atoms with Gasteiger partial charge in [0.2, 0.25) is 12.2 Å². The van der Waals surface area contributed by atoms with Crippen LogP contribution in [0.5, 0.6) is 0 Å². The molecule has 0 saturated heterocycles. The van der Waals surface area contributed by atoms with Gasteiger partial charge in [-0.3, -0.25) is 0 Å². The van der Waals surface area contributed by atoms with Crippen molar-refractivity contribution in [2.75, 3.05) is 39.5 Å². The van der Waals surface area contributed by atoms with Crippen molar-refractivity contribution >= 4 is 12.2 Å². The quantitative estimate of drug-likeness (QED) is 0.289. The third-order valence-corrected chi connectivity index (χ3v) is 1.82. The fraction of sp³-hybridized carbons (Fsp3) is 0.818. The summed E-state index contributed by atoms with van der Waals surface area (Å²) < 4.78 is 10.6. The number of hydrogen-bond donors (Lipinski definition) is 0. The van der Waals surface area contributed by atoms with Crippen LogP contribution in [0.15, 0.2) is 9.98 Å². The van der Waals surface area contributed by atoms with Crippen LogP contribution in [0.1, 0.15) is 19.3 Å². The molecule has 96 valence electrons. The van der Waals surface area contributed by atoms with Crippen molar-refractivity contribution in [2.45, 2.75) is 19.3 Å². The highest BCUT2D eigenvalue weighted by Crippen LogP contribution is 1.90. The van der Waals surface area contributed by atoms with Crippen molar-refractivity contribution in [1.82, 2.24) is 0 Å². The van der Waals surface area contributed by atoms with Crippen molar-refractivity contribution in [1.29, 1.82) is 0 Å². The molecule has 0 N–H and O–H groups in total. The van der Waals surface area contributed by atoms with E-state index in [4.69, 9.17) is 9.47 Å². The van der Waals surface area contributed by atoms with Gasteiger partial charge in [0.1, 0.15) is 0 Å². The fourth-order valence-electron chi connectivity index (χ4n) is 1.05. The average molecular weight is 242 g/mol. The molecule has 6 heteroatoms. The normalized spacial score (nSPS) is 9.41. The molecule has 0 saturated carbocycles. The highest BCUT2D eigenvalue weighted by Gasteiger charge is 1.91. The van der Waals surface area contributed by atoms with Crippen molar-refractivity contribution in [3.05, 3.63) is 0 Å². The summed E-state index contributed by atoms with van der Waals surface area (Å²) in [5.41, 5.74) is 0. The summed E-state index contributed by atoms with van der Waals surface area (Å²) in [5, 5.41) is 0. The maximum Gasteiger partial charge on any atom is 0.234 e. The number of hydrogen-bond acceptors (Lipinski definition) is 6. The molecule has 0 amide bonds. The van der Waals surface area contributed by atoms with E-state index in [1.54, 1.807) is 0 Å². The Morgan fingerprint density at radius 3 is 1.53 bits per heavy atom. The van der Waals surface area contributed by atoms with Gasteiger partial charge < -0.3 is 9.47 Å². The lowest BCUT2D eigenvalue weighted by atomic mass is 10.4. The Hall–Kier alpha value is -1.32. The van der Waals surface area contributed by atoms with E-state index in [0.29, 0.717) is 39.5 Å². The summed E-state index contributed by atoms with van der Waals surface area (Å²) in [6, 6.07) is 0. The van der Waals surface area contributed by atoms with E-state index in [1.165, 1.54) is 12.2 Å². The van der Waals surface area contributed by atoms with E-state index in [-0.39, 0.29) is 0 Å². The second kappa shape index (κ2) is 14.7. The van der Waals surface area contributed by atoms with Crippen LogP contribution in [-0.2, 0) is 19.1 Å². The minimum Gasteiger partial charge on any atom is -0.381 e. The Kier molecular flexibility index (Phi) is 13.5. The first-order valence-electron chi connectivity index (χ1n) is 5.64. The van der Waals surface area contributed by atoms with Crippen LogP contribution in [0.4, 0.5) is 0 Å². The Labute approximate surface area is 101 Å². The highest BCUT2D eigenvalue weighted by atomic mass is 16.5. The molecule has 6 nitrogen and oxygen atoms in total. The van der Waals surface area contributed by atoms with Gasteiger partial charge in [-0.05, 0) is 19.3 Å². The predicted molar refractivity (Wildman–Crippen MR) is 61.5 cm³/mol. The van der Waals surface area contributed by atoms with E-state index < -0.39 is 0 Å². The number of isocyanates is 2. The summed E-state index contributed by atoms with van der Waals surface area (Å²) in [5.74, 6) is 0. The average Bonchev–Trinajstić information content (AvgIpc) is 2.35. The van der Waals surface area contributed by atoms with Gasteiger partial charge in [0, 0.05) is 26.4 Å². The molecule has 0 bridgehead atoms. The summed E-state index contributed by atoms with van der Waals surface area (Å²) >= 11 is 0. The van der Waals surface area contributed by atoms with Crippen LogP contribution in [-0.4, -0.2) is 51.7 Å². The van der Waals surface area contributed by atoms with Crippen LogP contribution in [0.3, 0.4) is 0 Å². The molecular weight excluding hydrogens is 224 g/mol. The highest BCUT2D eigenvalue weighted by molar-refractivity contribution is 5.32. The van der Waals surface area contributed by atoms with E-state index in [1.807, 2.05) is 0 Å². The smallest absolute Gasteiger partial charge is 0.234 e. The summed E-state index contributed by atoms with van der Waals surface area (Å²) in [6.07, 6.45) is 5.25. The van der Waals surface area contributed by atoms with Gasteiger partial charge in [-0.2, -0.15) is 0 Å². The minimum absolute atomic E-state index is 0.469. The number of carbonyl (C=O) groups excluding carboxylic acids is 2. The molecule has 0 aliphatic rings. The van der Waals surface area contributed by atoms with Gasteiger partial charge in [0.15, 0.2) is 0 Å². The van der Waals surface area contributed by atoms with Gasteiger partial charge in [0.05, 0.1) is 13.1 Å². The zero-order valence-electron chi connectivity index (χ0n) is 9.89. The molecule has 0 aromatic rings. The monoisotopic (exact) mass is 242 g/mol. The van der Waals surface area contributed by atoms with Crippen molar-refractivity contribution in [3.63, 3.8) is 0 Å². The first kappa shape index (κ1) is 15.7. The molecule has 0 aromatic heterocycles. The Balaban J connectivity index is 2.98. The predicted octanol–water partition coefficient (Wildman–Crippen LogP) is 0.862. The maximum atomic E-state index is 9.73. The van der Waals surface area contributed by atoms with Crippen molar-refractivity contribution < 1.29 is 19.1 Å². The molecule has 0 rings (SSSR count). The lowest BCUT2D eigenvalue weighted by Crippen LogP contribution is -2.04. The van der Waals surface area contributed by atoms with Crippen molar-refractivity contribution in [2.24, 2.45) is 9.98 Å². The van der Waals surface area contributed by atoms with Crippen LogP contribution in [0, 0.1) is 0 Å². The molecule has 0 aliphatic carbocycles. The first-order valence-corrected chi connectivity index (χ1v) is 5.64. The third kappa shape index (κ3) is 14.7. The van der Waals surface area contributed by atoms with Crippen LogP contribution >= 0.6 is 0 Å². The van der Waals surface area contributed by atoms with Gasteiger partial charge in [-0.25, -0.2) is 19.6 Å². The second-order valence-corrected chi connectivity index (χ2v) is 3.23.